The second kappa shape index (κ2) is 18.2. The molecule has 1 aliphatic rings. The number of ether oxygens (including phenoxy) is 3. The van der Waals surface area contributed by atoms with Gasteiger partial charge in [-0.05, 0) is 85.8 Å². The van der Waals surface area contributed by atoms with E-state index in [-0.39, 0.29) is 12.7 Å². The van der Waals surface area contributed by atoms with Crippen LogP contribution >= 0.6 is 11.6 Å². The van der Waals surface area contributed by atoms with Crippen molar-refractivity contribution in [3.63, 3.8) is 0 Å². The van der Waals surface area contributed by atoms with E-state index >= 15 is 0 Å². The summed E-state index contributed by atoms with van der Waals surface area (Å²) in [6, 6.07) is 22.1. The SMILES string of the molecule is Cc1c(COc2cc(OCc3cncc(C#N)c3)c(CN(C)CCc3ccn[nH]3)cc2Cl)cccc1-c1cccc(OCCCN2CCC(O)C2)c1C. The molecule has 1 atom stereocenters. The van der Waals surface area contributed by atoms with Crippen LogP contribution in [0.1, 0.15) is 51.9 Å². The fourth-order valence-electron chi connectivity index (χ4n) is 6.67. The summed E-state index contributed by atoms with van der Waals surface area (Å²) in [6.07, 6.45) is 7.38. The molecule has 53 heavy (non-hydrogen) atoms. The van der Waals surface area contributed by atoms with E-state index < -0.39 is 0 Å². The second-order valence-electron chi connectivity index (χ2n) is 13.7. The Kier molecular flexibility index (Phi) is 13.0. The molecule has 6 rings (SSSR count). The molecule has 3 aromatic carbocycles. The van der Waals surface area contributed by atoms with Gasteiger partial charge in [0.25, 0.3) is 0 Å². The topological polar surface area (TPSA) is 120 Å². The van der Waals surface area contributed by atoms with Crippen molar-refractivity contribution in [2.75, 3.05) is 39.8 Å². The van der Waals surface area contributed by atoms with Gasteiger partial charge >= 0.3 is 0 Å². The Morgan fingerprint density at radius 1 is 0.962 bits per heavy atom. The predicted octanol–water partition coefficient (Wildman–Crippen LogP) is 7.28. The van der Waals surface area contributed by atoms with Crippen LogP contribution in [-0.2, 0) is 26.2 Å². The maximum atomic E-state index is 9.81. The molecular weight excluding hydrogens is 688 g/mol. The number of likely N-dealkylation sites (tertiary alicyclic amines) is 1. The first-order chi connectivity index (χ1) is 25.8. The van der Waals surface area contributed by atoms with Crippen LogP contribution in [0.4, 0.5) is 0 Å². The van der Waals surface area contributed by atoms with Gasteiger partial charge in [-0.25, -0.2) is 0 Å². The highest BCUT2D eigenvalue weighted by molar-refractivity contribution is 6.32. The van der Waals surface area contributed by atoms with Crippen LogP contribution in [0.3, 0.4) is 0 Å². The molecule has 0 bridgehead atoms. The maximum Gasteiger partial charge on any atom is 0.142 e. The molecule has 1 fully saturated rings. The molecule has 0 aliphatic carbocycles. The number of aliphatic hydroxyl groups is 1. The van der Waals surface area contributed by atoms with Crippen LogP contribution in [0.15, 0.2) is 79.3 Å². The smallest absolute Gasteiger partial charge is 0.142 e. The quantitative estimate of drug-likeness (QED) is 0.0950. The molecule has 0 spiro atoms. The average Bonchev–Trinajstić information content (AvgIpc) is 3.85. The van der Waals surface area contributed by atoms with Crippen molar-refractivity contribution in [3.8, 4) is 34.4 Å². The van der Waals surface area contributed by atoms with Gasteiger partial charge in [0.05, 0.1) is 23.3 Å². The Bertz CT molecular complexity index is 2010. The van der Waals surface area contributed by atoms with Crippen LogP contribution in [0.5, 0.6) is 17.2 Å². The molecule has 0 amide bonds. The number of aromatic amines is 1. The van der Waals surface area contributed by atoms with E-state index in [9.17, 15) is 10.4 Å². The highest BCUT2D eigenvalue weighted by Crippen LogP contribution is 2.37. The van der Waals surface area contributed by atoms with Gasteiger partial charge in [0.2, 0.25) is 0 Å². The minimum absolute atomic E-state index is 0.201. The van der Waals surface area contributed by atoms with Crippen molar-refractivity contribution in [2.24, 2.45) is 0 Å². The third-order valence-electron chi connectivity index (χ3n) is 9.72. The number of β-amino-alcohol motifs (C(OH)–C–C–N with tert-alkyl or cyclic N) is 1. The van der Waals surface area contributed by atoms with E-state index in [2.05, 4.69) is 76.2 Å². The maximum absolute atomic E-state index is 9.81. The lowest BCUT2D eigenvalue weighted by atomic mass is 9.93. The summed E-state index contributed by atoms with van der Waals surface area (Å²) in [5.74, 6) is 2.05. The van der Waals surface area contributed by atoms with E-state index in [0.717, 1.165) is 95.8 Å². The molecular formula is C42H47ClN6O4. The summed E-state index contributed by atoms with van der Waals surface area (Å²) in [7, 11) is 2.06. The number of likely N-dealkylation sites (N-methyl/N-ethyl adjacent to an activating group) is 1. The molecule has 10 nitrogen and oxygen atoms in total. The molecule has 3 heterocycles. The molecule has 1 aliphatic heterocycles. The number of nitriles is 1. The van der Waals surface area contributed by atoms with E-state index in [1.165, 1.54) is 6.20 Å². The highest BCUT2D eigenvalue weighted by atomic mass is 35.5. The van der Waals surface area contributed by atoms with Gasteiger partial charge in [-0.2, -0.15) is 10.4 Å². The van der Waals surface area contributed by atoms with Crippen LogP contribution in [0.25, 0.3) is 11.1 Å². The number of rotatable bonds is 17. The van der Waals surface area contributed by atoms with Crippen molar-refractivity contribution in [1.82, 2.24) is 25.0 Å². The fraction of sp³-hybridized carbons (Fsp3) is 0.357. The highest BCUT2D eigenvalue weighted by Gasteiger charge is 2.20. The largest absolute Gasteiger partial charge is 0.493 e. The molecule has 276 valence electrons. The minimum atomic E-state index is -0.201. The summed E-state index contributed by atoms with van der Waals surface area (Å²) in [5.41, 5.74) is 8.76. The van der Waals surface area contributed by atoms with Gasteiger partial charge in [0.15, 0.2) is 0 Å². The van der Waals surface area contributed by atoms with Gasteiger partial charge in [-0.1, -0.05) is 41.9 Å². The number of aromatic nitrogens is 3. The molecule has 0 saturated carbocycles. The monoisotopic (exact) mass is 734 g/mol. The summed E-state index contributed by atoms with van der Waals surface area (Å²) >= 11 is 6.88. The minimum Gasteiger partial charge on any atom is -0.493 e. The molecule has 5 aromatic rings. The number of aliphatic hydroxyl groups excluding tert-OH is 1. The molecule has 0 radical (unpaired) electrons. The molecule has 2 aromatic heterocycles. The number of hydrogen-bond donors (Lipinski definition) is 2. The van der Waals surface area contributed by atoms with Crippen LogP contribution in [-0.4, -0.2) is 76.0 Å². The first kappa shape index (κ1) is 37.8. The number of hydrogen-bond acceptors (Lipinski definition) is 9. The zero-order chi connectivity index (χ0) is 37.2. The van der Waals surface area contributed by atoms with Crippen molar-refractivity contribution in [1.29, 1.82) is 5.26 Å². The lowest BCUT2D eigenvalue weighted by molar-refractivity contribution is 0.173. The van der Waals surface area contributed by atoms with Gasteiger partial charge < -0.3 is 29.1 Å². The average molecular weight is 735 g/mol. The number of halogens is 1. The molecule has 11 heteroatoms. The number of H-pyrrole nitrogens is 1. The Morgan fingerprint density at radius 2 is 1.77 bits per heavy atom. The van der Waals surface area contributed by atoms with Gasteiger partial charge in [0.1, 0.15) is 36.5 Å². The van der Waals surface area contributed by atoms with E-state index in [1.54, 1.807) is 18.5 Å². The lowest BCUT2D eigenvalue weighted by Crippen LogP contribution is -2.24. The second-order valence-corrected chi connectivity index (χ2v) is 14.1. The van der Waals surface area contributed by atoms with Crippen molar-refractivity contribution in [2.45, 2.75) is 59.0 Å². The molecule has 1 saturated heterocycles. The van der Waals surface area contributed by atoms with Gasteiger partial charge in [0, 0.05) is 80.6 Å². The number of nitrogens with zero attached hydrogens (tertiary/aromatic N) is 5. The summed E-state index contributed by atoms with van der Waals surface area (Å²) in [5, 5.41) is 26.7. The van der Waals surface area contributed by atoms with Crippen molar-refractivity contribution < 1.29 is 19.3 Å². The summed E-state index contributed by atoms with van der Waals surface area (Å²) < 4.78 is 19.0. The summed E-state index contributed by atoms with van der Waals surface area (Å²) in [4.78, 5) is 8.68. The van der Waals surface area contributed by atoms with Crippen molar-refractivity contribution in [3.05, 3.63) is 123 Å². The first-order valence-corrected chi connectivity index (χ1v) is 18.5. The Morgan fingerprint density at radius 3 is 2.55 bits per heavy atom. The number of benzene rings is 3. The Labute approximate surface area is 316 Å². The first-order valence-electron chi connectivity index (χ1n) is 18.1. The standard InChI is InChI=1S/C42H47ClN6O4/c1-29-33(7-4-8-37(29)38-9-5-10-40(30(38)2)51-18-6-15-49-17-13-36(50)26-49)28-53-42-21-41(52-27-32-19-31(22-44)23-45-24-32)34(20-39(42)43)25-48(3)16-12-35-11-14-46-47-35/h4-5,7-11,14,19-21,23-24,36,50H,6,12-13,15-18,25-28H2,1-3H3,(H,46,47). The third kappa shape index (κ3) is 10.2. The molecule has 2 N–H and O–H groups in total. The van der Waals surface area contributed by atoms with Crippen LogP contribution < -0.4 is 14.2 Å². The normalized spacial score (nSPS) is 14.4. The van der Waals surface area contributed by atoms with Crippen molar-refractivity contribution >= 4 is 11.6 Å². The Hall–Kier alpha value is -4.92. The molecule has 1 unspecified atom stereocenters. The number of pyridine rings is 1. The lowest BCUT2D eigenvalue weighted by Gasteiger charge is -2.21. The third-order valence-corrected chi connectivity index (χ3v) is 10.0. The van der Waals surface area contributed by atoms with E-state index in [4.69, 9.17) is 25.8 Å². The van der Waals surface area contributed by atoms with E-state index in [1.807, 2.05) is 30.3 Å². The fourth-order valence-corrected chi connectivity index (χ4v) is 6.91. The predicted molar refractivity (Wildman–Crippen MR) is 206 cm³/mol. The Balaban J connectivity index is 1.15. The number of nitrogens with one attached hydrogen (secondary N) is 1. The zero-order valence-electron chi connectivity index (χ0n) is 30.6. The van der Waals surface area contributed by atoms with Gasteiger partial charge in [-0.3, -0.25) is 10.1 Å². The summed E-state index contributed by atoms with van der Waals surface area (Å²) in [6.45, 7) is 9.44. The van der Waals surface area contributed by atoms with Crippen LogP contribution in [0.2, 0.25) is 5.02 Å². The van der Waals surface area contributed by atoms with Crippen LogP contribution in [0, 0.1) is 25.2 Å². The zero-order valence-corrected chi connectivity index (χ0v) is 31.4. The van der Waals surface area contributed by atoms with E-state index in [0.29, 0.717) is 41.8 Å². The van der Waals surface area contributed by atoms with Gasteiger partial charge in [-0.15, -0.1) is 0 Å².